The average Bonchev–Trinajstić information content (AvgIpc) is 2.48. The summed E-state index contributed by atoms with van der Waals surface area (Å²) in [7, 11) is 0. The first kappa shape index (κ1) is 16.2. The zero-order valence-corrected chi connectivity index (χ0v) is 11.0. The number of rotatable bonds is 1. The van der Waals surface area contributed by atoms with E-state index in [9.17, 15) is 18.0 Å². The Balaban J connectivity index is 0.000000200. The third kappa shape index (κ3) is 5.44. The molecule has 110 valence electrons. The van der Waals surface area contributed by atoms with Crippen molar-refractivity contribution in [1.29, 1.82) is 0 Å². The van der Waals surface area contributed by atoms with Crippen LogP contribution in [0.5, 0.6) is 0 Å². The van der Waals surface area contributed by atoms with Gasteiger partial charge in [-0.15, -0.1) is 0 Å². The Kier molecular flexibility index (Phi) is 6.24. The Hall–Kier alpha value is -1.82. The van der Waals surface area contributed by atoms with E-state index in [4.69, 9.17) is 0 Å². The molecule has 0 aliphatic carbocycles. The van der Waals surface area contributed by atoms with Gasteiger partial charge in [-0.05, 0) is 6.08 Å². The summed E-state index contributed by atoms with van der Waals surface area (Å²) in [6.07, 6.45) is -2.84. The highest BCUT2D eigenvalue weighted by atomic mass is 19.4. The number of alkyl halides is 3. The number of carbonyl (C=O) groups excluding carboxylic acids is 1. The Labute approximate surface area is 116 Å². The maximum absolute atomic E-state index is 11.8. The number of benzene rings is 1. The zero-order chi connectivity index (χ0) is 15.0. The first-order valence-electron chi connectivity index (χ1n) is 6.19. The molecule has 0 unspecified atom stereocenters. The minimum atomic E-state index is -4.21. The van der Waals surface area contributed by atoms with Gasteiger partial charge in [-0.25, -0.2) is 0 Å². The molecule has 0 aromatic heterocycles. The predicted molar refractivity (Wildman–Crippen MR) is 71.1 cm³/mol. The Bertz CT molecular complexity index is 426. The van der Waals surface area contributed by atoms with Crippen LogP contribution in [-0.2, 0) is 11.0 Å². The van der Waals surface area contributed by atoms with Gasteiger partial charge in [0, 0.05) is 26.2 Å². The molecule has 1 aliphatic rings. The maximum Gasteiger partial charge on any atom is 0.416 e. The molecule has 1 aliphatic heterocycles. The van der Waals surface area contributed by atoms with Gasteiger partial charge in [-0.3, -0.25) is 4.79 Å². The lowest BCUT2D eigenvalue weighted by Crippen LogP contribution is -2.45. The molecule has 2 rings (SSSR count). The largest absolute Gasteiger partial charge is 0.416 e. The molecule has 3 nitrogen and oxygen atoms in total. The third-order valence-electron chi connectivity index (χ3n) is 2.70. The van der Waals surface area contributed by atoms with E-state index in [0.29, 0.717) is 0 Å². The highest BCUT2D eigenvalue weighted by molar-refractivity contribution is 5.87. The second kappa shape index (κ2) is 7.69. The summed E-state index contributed by atoms with van der Waals surface area (Å²) in [4.78, 5) is 12.7. The number of carbonyl (C=O) groups is 1. The smallest absolute Gasteiger partial charge is 0.337 e. The van der Waals surface area contributed by atoms with Crippen LogP contribution in [0.15, 0.2) is 43.0 Å². The van der Waals surface area contributed by atoms with Crippen LogP contribution in [0.4, 0.5) is 13.2 Å². The highest BCUT2D eigenvalue weighted by Crippen LogP contribution is 2.28. The molecule has 1 heterocycles. The van der Waals surface area contributed by atoms with E-state index in [1.807, 2.05) is 0 Å². The monoisotopic (exact) mass is 286 g/mol. The summed E-state index contributed by atoms with van der Waals surface area (Å²) >= 11 is 0. The van der Waals surface area contributed by atoms with Gasteiger partial charge in [0.1, 0.15) is 0 Å². The summed E-state index contributed by atoms with van der Waals surface area (Å²) in [6.45, 7) is 6.85. The summed E-state index contributed by atoms with van der Waals surface area (Å²) in [6, 6.07) is 6.36. The SMILES string of the molecule is C=CC(=O)N1CCNCC1.FC(F)(F)c1ccccc1. The summed E-state index contributed by atoms with van der Waals surface area (Å²) in [5.41, 5.74) is -0.602. The summed E-state index contributed by atoms with van der Waals surface area (Å²) in [5.74, 6) is 0.0431. The third-order valence-corrected chi connectivity index (χ3v) is 2.70. The predicted octanol–water partition coefficient (Wildman–Crippen LogP) is 2.31. The molecule has 0 bridgehead atoms. The number of halogens is 3. The topological polar surface area (TPSA) is 32.3 Å². The lowest BCUT2D eigenvalue weighted by Gasteiger charge is -2.25. The minimum absolute atomic E-state index is 0.0431. The summed E-state index contributed by atoms with van der Waals surface area (Å²) in [5, 5.41) is 3.17. The molecule has 20 heavy (non-hydrogen) atoms. The second-order valence-electron chi connectivity index (χ2n) is 4.14. The molecular formula is C14H17F3N2O. The van der Waals surface area contributed by atoms with Crippen molar-refractivity contribution in [3.63, 3.8) is 0 Å². The fraction of sp³-hybridized carbons (Fsp3) is 0.357. The van der Waals surface area contributed by atoms with Crippen LogP contribution in [-0.4, -0.2) is 37.0 Å². The van der Waals surface area contributed by atoms with E-state index in [-0.39, 0.29) is 5.91 Å². The molecule has 6 heteroatoms. The normalized spacial score (nSPS) is 15.1. The number of piperazine rings is 1. The fourth-order valence-corrected chi connectivity index (χ4v) is 1.64. The van der Waals surface area contributed by atoms with E-state index in [2.05, 4.69) is 11.9 Å². The molecular weight excluding hydrogens is 269 g/mol. The molecule has 0 saturated carbocycles. The zero-order valence-electron chi connectivity index (χ0n) is 11.0. The molecule has 0 radical (unpaired) electrons. The van der Waals surface area contributed by atoms with Crippen LogP contribution in [0.1, 0.15) is 5.56 Å². The van der Waals surface area contributed by atoms with E-state index in [1.54, 1.807) is 11.0 Å². The quantitative estimate of drug-likeness (QED) is 0.804. The molecule has 1 fully saturated rings. The first-order chi connectivity index (χ1) is 9.45. The molecule has 0 atom stereocenters. The maximum atomic E-state index is 11.8. The Morgan fingerprint density at radius 2 is 1.75 bits per heavy atom. The standard InChI is InChI=1S/C7H5F3.C7H12N2O/c8-7(9,10)6-4-2-1-3-5-6;1-2-7(10)9-5-3-8-4-6-9/h1-5H;2,8H,1,3-6H2. The van der Waals surface area contributed by atoms with Crippen molar-refractivity contribution in [1.82, 2.24) is 10.2 Å². The van der Waals surface area contributed by atoms with Gasteiger partial charge in [0.2, 0.25) is 5.91 Å². The summed E-state index contributed by atoms with van der Waals surface area (Å²) < 4.78 is 35.4. The van der Waals surface area contributed by atoms with E-state index in [0.717, 1.165) is 38.3 Å². The van der Waals surface area contributed by atoms with Crippen molar-refractivity contribution in [2.24, 2.45) is 0 Å². The van der Waals surface area contributed by atoms with Crippen LogP contribution in [0.25, 0.3) is 0 Å². The van der Waals surface area contributed by atoms with Gasteiger partial charge < -0.3 is 10.2 Å². The van der Waals surface area contributed by atoms with Crippen molar-refractivity contribution >= 4 is 5.91 Å². The van der Waals surface area contributed by atoms with E-state index >= 15 is 0 Å². The molecule has 0 spiro atoms. The van der Waals surface area contributed by atoms with Gasteiger partial charge in [-0.2, -0.15) is 13.2 Å². The van der Waals surface area contributed by atoms with Crippen LogP contribution in [0.2, 0.25) is 0 Å². The van der Waals surface area contributed by atoms with Crippen LogP contribution in [0, 0.1) is 0 Å². The van der Waals surface area contributed by atoms with Crippen LogP contribution >= 0.6 is 0 Å². The Morgan fingerprint density at radius 1 is 1.20 bits per heavy atom. The number of hydrogen-bond donors (Lipinski definition) is 1. The van der Waals surface area contributed by atoms with Crippen molar-refractivity contribution in [2.75, 3.05) is 26.2 Å². The first-order valence-corrected chi connectivity index (χ1v) is 6.19. The lowest BCUT2D eigenvalue weighted by molar-refractivity contribution is -0.137. The number of amides is 1. The van der Waals surface area contributed by atoms with Crippen LogP contribution < -0.4 is 5.32 Å². The molecule has 1 amide bonds. The van der Waals surface area contributed by atoms with Gasteiger partial charge in [-0.1, -0.05) is 36.9 Å². The van der Waals surface area contributed by atoms with Crippen molar-refractivity contribution in [3.05, 3.63) is 48.6 Å². The number of nitrogens with zero attached hydrogens (tertiary/aromatic N) is 1. The van der Waals surface area contributed by atoms with Crippen LogP contribution in [0.3, 0.4) is 0 Å². The number of hydrogen-bond acceptors (Lipinski definition) is 2. The average molecular weight is 286 g/mol. The molecule has 1 aromatic rings. The Morgan fingerprint density at radius 3 is 2.15 bits per heavy atom. The molecule has 1 saturated heterocycles. The molecule has 1 aromatic carbocycles. The van der Waals surface area contributed by atoms with Crippen molar-refractivity contribution in [2.45, 2.75) is 6.18 Å². The number of nitrogens with one attached hydrogen (secondary N) is 1. The van der Waals surface area contributed by atoms with Crippen molar-refractivity contribution < 1.29 is 18.0 Å². The van der Waals surface area contributed by atoms with Gasteiger partial charge in [0.25, 0.3) is 0 Å². The van der Waals surface area contributed by atoms with Gasteiger partial charge in [0.15, 0.2) is 0 Å². The minimum Gasteiger partial charge on any atom is -0.337 e. The van der Waals surface area contributed by atoms with Crippen molar-refractivity contribution in [3.8, 4) is 0 Å². The van der Waals surface area contributed by atoms with E-state index < -0.39 is 11.7 Å². The molecule has 1 N–H and O–H groups in total. The van der Waals surface area contributed by atoms with Gasteiger partial charge >= 0.3 is 6.18 Å². The highest BCUT2D eigenvalue weighted by Gasteiger charge is 2.29. The van der Waals surface area contributed by atoms with Gasteiger partial charge in [0.05, 0.1) is 5.56 Å². The van der Waals surface area contributed by atoms with E-state index in [1.165, 1.54) is 18.2 Å². The fourth-order valence-electron chi connectivity index (χ4n) is 1.64. The lowest BCUT2D eigenvalue weighted by atomic mass is 10.2. The second-order valence-corrected chi connectivity index (χ2v) is 4.14.